The largest absolute Gasteiger partial charge is 0.374 e. The molecule has 1 saturated carbocycles. The topological polar surface area (TPSA) is 74.2 Å². The Bertz CT molecular complexity index is 380. The molecule has 0 aliphatic heterocycles. The van der Waals surface area contributed by atoms with Gasteiger partial charge in [0.05, 0.1) is 5.41 Å². The highest BCUT2D eigenvalue weighted by molar-refractivity contribution is 5.10. The number of nitrogens with two attached hydrogens (primary N) is 1. The molecule has 0 spiro atoms. The maximum absolute atomic E-state index is 6.20. The van der Waals surface area contributed by atoms with Crippen LogP contribution in [0.4, 0.5) is 0 Å². The Morgan fingerprint density at radius 1 is 1.53 bits per heavy atom. The van der Waals surface area contributed by atoms with Crippen molar-refractivity contribution in [1.29, 1.82) is 0 Å². The minimum absolute atomic E-state index is 0.0994. The van der Waals surface area contributed by atoms with E-state index in [-0.39, 0.29) is 17.6 Å². The van der Waals surface area contributed by atoms with Gasteiger partial charge in [-0.15, -0.1) is 0 Å². The second-order valence-corrected chi connectivity index (χ2v) is 5.11. The van der Waals surface area contributed by atoms with E-state index >= 15 is 0 Å². The zero-order chi connectivity index (χ0) is 12.5. The summed E-state index contributed by atoms with van der Waals surface area (Å²) in [5, 5.41) is 3.98. The Hall–Kier alpha value is -0.940. The number of nitrogens with zero attached hydrogens (tertiary/aromatic N) is 2. The zero-order valence-corrected chi connectivity index (χ0v) is 10.8. The molecule has 0 bridgehead atoms. The average Bonchev–Trinajstić information content (AvgIpc) is 2.82. The number of hydrogen-bond donors (Lipinski definition) is 1. The fourth-order valence-corrected chi connectivity index (χ4v) is 2.36. The summed E-state index contributed by atoms with van der Waals surface area (Å²) in [4.78, 5) is 4.44. The molecule has 1 aliphatic carbocycles. The fourth-order valence-electron chi connectivity index (χ4n) is 2.36. The number of methoxy groups -OCH3 is 1. The molecule has 0 radical (unpaired) electrons. The van der Waals surface area contributed by atoms with E-state index in [1.54, 1.807) is 7.11 Å². The summed E-state index contributed by atoms with van der Waals surface area (Å²) in [6.45, 7) is 4.02. The van der Waals surface area contributed by atoms with Crippen LogP contribution in [0.2, 0.25) is 0 Å². The second-order valence-electron chi connectivity index (χ2n) is 5.11. The van der Waals surface area contributed by atoms with Crippen molar-refractivity contribution in [3.05, 3.63) is 11.7 Å². The third-order valence-electron chi connectivity index (χ3n) is 3.93. The van der Waals surface area contributed by atoms with Gasteiger partial charge in [0.15, 0.2) is 5.82 Å². The molecule has 3 atom stereocenters. The first-order valence-electron chi connectivity index (χ1n) is 6.20. The van der Waals surface area contributed by atoms with Crippen molar-refractivity contribution in [2.75, 3.05) is 7.11 Å². The van der Waals surface area contributed by atoms with Crippen molar-refractivity contribution >= 4 is 0 Å². The van der Waals surface area contributed by atoms with Gasteiger partial charge in [-0.2, -0.15) is 4.98 Å². The molecule has 1 aliphatic rings. The van der Waals surface area contributed by atoms with Crippen LogP contribution < -0.4 is 5.73 Å². The van der Waals surface area contributed by atoms with Gasteiger partial charge in [0, 0.05) is 13.2 Å². The Labute approximate surface area is 102 Å². The normalized spacial score (nSPS) is 31.4. The minimum atomic E-state index is -0.184. The molecule has 1 aromatic heterocycles. The number of aromatic nitrogens is 2. The highest BCUT2D eigenvalue weighted by Crippen LogP contribution is 2.37. The standard InChI is InChI=1S/C12H21N3O2/c1-8(16-3)10-14-11(17-15-10)12(2)7-5-4-6-9(12)13/h8-9H,4-7,13H2,1-3H3. The highest BCUT2D eigenvalue weighted by Gasteiger charge is 2.41. The molecule has 96 valence electrons. The summed E-state index contributed by atoms with van der Waals surface area (Å²) < 4.78 is 10.6. The third kappa shape index (κ3) is 2.21. The van der Waals surface area contributed by atoms with Crippen LogP contribution in [0, 0.1) is 0 Å². The highest BCUT2D eigenvalue weighted by atomic mass is 16.5. The van der Waals surface area contributed by atoms with Crippen LogP contribution in [0.5, 0.6) is 0 Å². The van der Waals surface area contributed by atoms with Crippen molar-refractivity contribution in [3.63, 3.8) is 0 Å². The molecule has 5 heteroatoms. The molecule has 0 aromatic carbocycles. The minimum Gasteiger partial charge on any atom is -0.374 e. The van der Waals surface area contributed by atoms with Crippen LogP contribution in [-0.4, -0.2) is 23.3 Å². The van der Waals surface area contributed by atoms with Gasteiger partial charge in [-0.25, -0.2) is 0 Å². The molecule has 1 aromatic rings. The predicted octanol–water partition coefficient (Wildman–Crippen LogP) is 1.94. The van der Waals surface area contributed by atoms with Crippen LogP contribution >= 0.6 is 0 Å². The van der Waals surface area contributed by atoms with Crippen molar-refractivity contribution in [1.82, 2.24) is 10.1 Å². The smallest absolute Gasteiger partial charge is 0.234 e. The van der Waals surface area contributed by atoms with Crippen LogP contribution in [0.1, 0.15) is 57.3 Å². The van der Waals surface area contributed by atoms with E-state index in [0.29, 0.717) is 11.7 Å². The first-order valence-corrected chi connectivity index (χ1v) is 6.20. The summed E-state index contributed by atoms with van der Waals surface area (Å²) in [7, 11) is 1.63. The van der Waals surface area contributed by atoms with Gasteiger partial charge in [-0.1, -0.05) is 18.0 Å². The number of rotatable bonds is 3. The maximum atomic E-state index is 6.20. The summed E-state index contributed by atoms with van der Waals surface area (Å²) in [5.41, 5.74) is 6.02. The van der Waals surface area contributed by atoms with Gasteiger partial charge in [0.2, 0.25) is 5.89 Å². The van der Waals surface area contributed by atoms with Crippen molar-refractivity contribution < 1.29 is 9.26 Å². The first kappa shape index (κ1) is 12.5. The maximum Gasteiger partial charge on any atom is 0.234 e. The predicted molar refractivity (Wildman–Crippen MR) is 63.5 cm³/mol. The molecular weight excluding hydrogens is 218 g/mol. The lowest BCUT2D eigenvalue weighted by Crippen LogP contribution is -2.45. The van der Waals surface area contributed by atoms with Crippen LogP contribution in [0.3, 0.4) is 0 Å². The van der Waals surface area contributed by atoms with E-state index in [2.05, 4.69) is 17.1 Å². The van der Waals surface area contributed by atoms with E-state index in [4.69, 9.17) is 15.0 Å². The molecule has 0 saturated heterocycles. The second kappa shape index (κ2) is 4.74. The third-order valence-corrected chi connectivity index (χ3v) is 3.93. The molecule has 17 heavy (non-hydrogen) atoms. The van der Waals surface area contributed by atoms with Gasteiger partial charge in [0.1, 0.15) is 6.10 Å². The lowest BCUT2D eigenvalue weighted by molar-refractivity contribution is 0.109. The van der Waals surface area contributed by atoms with E-state index in [9.17, 15) is 0 Å². The van der Waals surface area contributed by atoms with E-state index in [0.717, 1.165) is 12.8 Å². The lowest BCUT2D eigenvalue weighted by atomic mass is 9.72. The molecule has 1 heterocycles. The van der Waals surface area contributed by atoms with Gasteiger partial charge < -0.3 is 15.0 Å². The Morgan fingerprint density at radius 3 is 2.94 bits per heavy atom. The molecule has 2 N–H and O–H groups in total. The number of ether oxygens (including phenoxy) is 1. The Morgan fingerprint density at radius 2 is 2.29 bits per heavy atom. The zero-order valence-electron chi connectivity index (χ0n) is 10.8. The molecule has 1 fully saturated rings. The quantitative estimate of drug-likeness (QED) is 0.872. The van der Waals surface area contributed by atoms with Crippen molar-refractivity contribution in [3.8, 4) is 0 Å². The lowest BCUT2D eigenvalue weighted by Gasteiger charge is -2.35. The van der Waals surface area contributed by atoms with Gasteiger partial charge in [-0.3, -0.25) is 0 Å². The monoisotopic (exact) mass is 239 g/mol. The van der Waals surface area contributed by atoms with E-state index < -0.39 is 0 Å². The van der Waals surface area contributed by atoms with Gasteiger partial charge in [-0.05, 0) is 26.7 Å². The van der Waals surface area contributed by atoms with Gasteiger partial charge in [0.25, 0.3) is 0 Å². The molecule has 2 rings (SSSR count). The molecular formula is C12H21N3O2. The summed E-state index contributed by atoms with van der Waals surface area (Å²) in [6, 6.07) is 0.0994. The number of hydrogen-bond acceptors (Lipinski definition) is 5. The molecule has 5 nitrogen and oxygen atoms in total. The van der Waals surface area contributed by atoms with Gasteiger partial charge >= 0.3 is 0 Å². The fraction of sp³-hybridized carbons (Fsp3) is 0.833. The van der Waals surface area contributed by atoms with E-state index in [1.807, 2.05) is 6.92 Å². The van der Waals surface area contributed by atoms with Crippen molar-refractivity contribution in [2.45, 2.75) is 57.1 Å². The van der Waals surface area contributed by atoms with Crippen LogP contribution in [-0.2, 0) is 10.2 Å². The Balaban J connectivity index is 2.23. The summed E-state index contributed by atoms with van der Waals surface area (Å²) in [6.07, 6.45) is 4.25. The molecule has 0 amide bonds. The van der Waals surface area contributed by atoms with Crippen molar-refractivity contribution in [2.24, 2.45) is 5.73 Å². The SMILES string of the molecule is COC(C)c1noc(C2(C)CCCCC2N)n1. The van der Waals surface area contributed by atoms with Crippen LogP contribution in [0.25, 0.3) is 0 Å². The molecule has 3 unspecified atom stereocenters. The summed E-state index contributed by atoms with van der Waals surface area (Å²) in [5.74, 6) is 1.25. The summed E-state index contributed by atoms with van der Waals surface area (Å²) >= 11 is 0. The van der Waals surface area contributed by atoms with Crippen LogP contribution in [0.15, 0.2) is 4.52 Å². The average molecular weight is 239 g/mol. The first-order chi connectivity index (χ1) is 8.08. The van der Waals surface area contributed by atoms with E-state index in [1.165, 1.54) is 12.8 Å². The Kier molecular flexibility index (Phi) is 3.49.